The average Bonchev–Trinajstić information content (AvgIpc) is 2.59. The van der Waals surface area contributed by atoms with Gasteiger partial charge in [-0.3, -0.25) is 4.79 Å². The van der Waals surface area contributed by atoms with Crippen molar-refractivity contribution in [3.05, 3.63) is 29.8 Å². The molecule has 8 heteroatoms. The second-order valence-electron chi connectivity index (χ2n) is 6.80. The molecule has 1 N–H and O–H groups in total. The summed E-state index contributed by atoms with van der Waals surface area (Å²) < 4.78 is 15.1. The summed E-state index contributed by atoms with van der Waals surface area (Å²) in [5.41, 5.74) is -0.0688. The summed E-state index contributed by atoms with van der Waals surface area (Å²) in [7, 11) is 1.27. The van der Waals surface area contributed by atoms with Crippen molar-refractivity contribution < 1.29 is 33.7 Å². The highest BCUT2D eigenvalue weighted by atomic mass is 16.6. The van der Waals surface area contributed by atoms with E-state index in [0.717, 1.165) is 0 Å². The van der Waals surface area contributed by atoms with Crippen LogP contribution in [0, 0.1) is 0 Å². The fraction of sp³-hybridized carbons (Fsp3) is 0.500. The highest BCUT2D eigenvalue weighted by molar-refractivity contribution is 6.01. The molecule has 0 aliphatic carbocycles. The van der Waals surface area contributed by atoms with Crippen molar-refractivity contribution in [1.29, 1.82) is 0 Å². The molecule has 1 aliphatic heterocycles. The van der Waals surface area contributed by atoms with E-state index in [0.29, 0.717) is 5.69 Å². The number of ether oxygens (including phenoxy) is 3. The van der Waals surface area contributed by atoms with Crippen molar-refractivity contribution in [3.8, 4) is 0 Å². The van der Waals surface area contributed by atoms with Crippen LogP contribution in [0.3, 0.4) is 0 Å². The van der Waals surface area contributed by atoms with Gasteiger partial charge in [0.25, 0.3) is 5.91 Å². The smallest absolute Gasteiger partial charge is 0.338 e. The third-order valence-electron chi connectivity index (χ3n) is 3.64. The zero-order valence-electron chi connectivity index (χ0n) is 15.2. The summed E-state index contributed by atoms with van der Waals surface area (Å²) >= 11 is 0. The minimum Gasteiger partial charge on any atom is -0.465 e. The molecule has 2 rings (SSSR count). The Morgan fingerprint density at radius 1 is 1.35 bits per heavy atom. The molecule has 2 unspecified atom stereocenters. The molecule has 1 aliphatic rings. The Hall–Kier alpha value is -2.45. The Labute approximate surface area is 151 Å². The van der Waals surface area contributed by atoms with Gasteiger partial charge in [0, 0.05) is 12.2 Å². The van der Waals surface area contributed by atoms with E-state index in [4.69, 9.17) is 9.47 Å². The van der Waals surface area contributed by atoms with Gasteiger partial charge in [0.2, 0.25) is 0 Å². The molecule has 0 radical (unpaired) electrons. The maximum atomic E-state index is 12.7. The Bertz CT molecular complexity index is 695. The second kappa shape index (κ2) is 7.84. The van der Waals surface area contributed by atoms with E-state index < -0.39 is 35.7 Å². The van der Waals surface area contributed by atoms with E-state index in [2.05, 4.69) is 4.74 Å². The SMILES string of the molecule is COC(=O)c1cccc(N2CCOC(C(O)C(=O)OC(C)(C)C)C2=O)c1. The predicted octanol–water partition coefficient (Wildman–Crippen LogP) is 0.908. The number of rotatable bonds is 4. The van der Waals surface area contributed by atoms with Gasteiger partial charge in [0.1, 0.15) is 5.60 Å². The van der Waals surface area contributed by atoms with E-state index in [1.807, 2.05) is 0 Å². The third-order valence-corrected chi connectivity index (χ3v) is 3.64. The lowest BCUT2D eigenvalue weighted by molar-refractivity contribution is -0.177. The van der Waals surface area contributed by atoms with Gasteiger partial charge < -0.3 is 24.2 Å². The largest absolute Gasteiger partial charge is 0.465 e. The highest BCUT2D eigenvalue weighted by Gasteiger charge is 2.41. The normalized spacial score (nSPS) is 19.0. The molecule has 0 saturated carbocycles. The van der Waals surface area contributed by atoms with Crippen LogP contribution in [0.2, 0.25) is 0 Å². The summed E-state index contributed by atoms with van der Waals surface area (Å²) in [5.74, 6) is -2.05. The van der Waals surface area contributed by atoms with Crippen LogP contribution in [-0.4, -0.2) is 61.0 Å². The van der Waals surface area contributed by atoms with Gasteiger partial charge in [0.15, 0.2) is 12.2 Å². The number of aliphatic hydroxyl groups is 1. The van der Waals surface area contributed by atoms with Gasteiger partial charge in [0.05, 0.1) is 19.3 Å². The van der Waals surface area contributed by atoms with E-state index in [-0.39, 0.29) is 18.7 Å². The quantitative estimate of drug-likeness (QED) is 0.791. The molecule has 1 aromatic rings. The number of benzene rings is 1. The molecule has 2 atom stereocenters. The third kappa shape index (κ3) is 4.59. The molecule has 142 valence electrons. The molecule has 0 aromatic heterocycles. The summed E-state index contributed by atoms with van der Waals surface area (Å²) in [6, 6.07) is 6.33. The molecule has 26 heavy (non-hydrogen) atoms. The number of carbonyl (C=O) groups excluding carboxylic acids is 3. The van der Waals surface area contributed by atoms with Crippen molar-refractivity contribution in [1.82, 2.24) is 0 Å². The first-order valence-electron chi connectivity index (χ1n) is 8.16. The summed E-state index contributed by atoms with van der Waals surface area (Å²) in [5, 5.41) is 10.2. The van der Waals surface area contributed by atoms with Crippen molar-refractivity contribution in [2.45, 2.75) is 38.6 Å². The molecule has 8 nitrogen and oxygen atoms in total. The van der Waals surface area contributed by atoms with Crippen LogP contribution in [-0.2, 0) is 23.8 Å². The summed E-state index contributed by atoms with van der Waals surface area (Å²) in [4.78, 5) is 37.8. The molecule has 1 aromatic carbocycles. The highest BCUT2D eigenvalue weighted by Crippen LogP contribution is 2.23. The zero-order valence-corrected chi connectivity index (χ0v) is 15.2. The minimum absolute atomic E-state index is 0.124. The average molecular weight is 365 g/mol. The lowest BCUT2D eigenvalue weighted by Crippen LogP contribution is -2.55. The maximum Gasteiger partial charge on any atom is 0.338 e. The number of hydrogen-bond acceptors (Lipinski definition) is 7. The van der Waals surface area contributed by atoms with Crippen LogP contribution in [0.1, 0.15) is 31.1 Å². The van der Waals surface area contributed by atoms with E-state index >= 15 is 0 Å². The van der Waals surface area contributed by atoms with Gasteiger partial charge in [-0.1, -0.05) is 6.07 Å². The number of nitrogens with zero attached hydrogens (tertiary/aromatic N) is 1. The number of morpholine rings is 1. The van der Waals surface area contributed by atoms with Gasteiger partial charge in [-0.25, -0.2) is 9.59 Å². The van der Waals surface area contributed by atoms with E-state index in [1.165, 1.54) is 18.1 Å². The standard InChI is InChI=1S/C18H23NO7/c1-18(2,3)26-17(23)13(20)14-15(21)19(8-9-25-14)12-7-5-6-11(10-12)16(22)24-4/h5-7,10,13-14,20H,8-9H2,1-4H3. The maximum absolute atomic E-state index is 12.7. The number of methoxy groups -OCH3 is 1. The Kier molecular flexibility index (Phi) is 5.99. The van der Waals surface area contributed by atoms with Gasteiger partial charge in [-0.15, -0.1) is 0 Å². The van der Waals surface area contributed by atoms with Crippen LogP contribution >= 0.6 is 0 Å². The molecule has 0 spiro atoms. The molecule has 0 bridgehead atoms. The Balaban J connectivity index is 2.19. The van der Waals surface area contributed by atoms with E-state index in [1.54, 1.807) is 39.0 Å². The van der Waals surface area contributed by atoms with Crippen molar-refractivity contribution in [3.63, 3.8) is 0 Å². The molecular weight excluding hydrogens is 342 g/mol. The predicted molar refractivity (Wildman–Crippen MR) is 91.7 cm³/mol. The van der Waals surface area contributed by atoms with Crippen LogP contribution in [0.15, 0.2) is 24.3 Å². The minimum atomic E-state index is -1.74. The first kappa shape index (κ1) is 19.9. The van der Waals surface area contributed by atoms with Crippen LogP contribution in [0.4, 0.5) is 5.69 Å². The van der Waals surface area contributed by atoms with Crippen molar-refractivity contribution in [2.75, 3.05) is 25.2 Å². The molecule has 1 heterocycles. The molecule has 1 amide bonds. The number of hydrogen-bond donors (Lipinski definition) is 1. The lowest BCUT2D eigenvalue weighted by atomic mass is 10.1. The number of anilines is 1. The van der Waals surface area contributed by atoms with Gasteiger partial charge in [-0.05, 0) is 39.0 Å². The van der Waals surface area contributed by atoms with E-state index in [9.17, 15) is 19.5 Å². The first-order chi connectivity index (χ1) is 12.1. The summed E-state index contributed by atoms with van der Waals surface area (Å²) in [6.07, 6.45) is -3.12. The first-order valence-corrected chi connectivity index (χ1v) is 8.16. The van der Waals surface area contributed by atoms with Gasteiger partial charge in [-0.2, -0.15) is 0 Å². The number of aliphatic hydroxyl groups excluding tert-OH is 1. The number of esters is 2. The summed E-state index contributed by atoms with van der Waals surface area (Å²) in [6.45, 7) is 5.32. The topological polar surface area (TPSA) is 102 Å². The van der Waals surface area contributed by atoms with Crippen molar-refractivity contribution >= 4 is 23.5 Å². The monoisotopic (exact) mass is 365 g/mol. The molecule has 1 fully saturated rings. The van der Waals surface area contributed by atoms with Crippen molar-refractivity contribution in [2.24, 2.45) is 0 Å². The Morgan fingerprint density at radius 3 is 2.65 bits per heavy atom. The van der Waals surface area contributed by atoms with Crippen LogP contribution in [0.5, 0.6) is 0 Å². The molecule has 1 saturated heterocycles. The fourth-order valence-corrected chi connectivity index (χ4v) is 2.49. The number of amides is 1. The second-order valence-corrected chi connectivity index (χ2v) is 6.80. The Morgan fingerprint density at radius 2 is 2.04 bits per heavy atom. The van der Waals surface area contributed by atoms with Gasteiger partial charge >= 0.3 is 11.9 Å². The molecular formula is C18H23NO7. The fourth-order valence-electron chi connectivity index (χ4n) is 2.49. The van der Waals surface area contributed by atoms with Crippen LogP contribution in [0.25, 0.3) is 0 Å². The lowest BCUT2D eigenvalue weighted by Gasteiger charge is -2.34. The van der Waals surface area contributed by atoms with Crippen LogP contribution < -0.4 is 4.90 Å². The number of carbonyl (C=O) groups is 3. The zero-order chi connectivity index (χ0) is 19.5.